The molecule has 1 amide bonds. The Bertz CT molecular complexity index is 677. The number of nitrogens with one attached hydrogen (secondary N) is 2. The second kappa shape index (κ2) is 8.16. The van der Waals surface area contributed by atoms with Crippen LogP contribution in [0, 0.1) is 5.82 Å². The molecule has 0 aliphatic heterocycles. The van der Waals surface area contributed by atoms with Crippen LogP contribution in [0.4, 0.5) is 4.39 Å². The van der Waals surface area contributed by atoms with Gasteiger partial charge in [0, 0.05) is 29.9 Å². The summed E-state index contributed by atoms with van der Waals surface area (Å²) in [6, 6.07) is 4.22. The first-order chi connectivity index (χ1) is 11.0. The van der Waals surface area contributed by atoms with Crippen molar-refractivity contribution in [2.24, 2.45) is 0 Å². The average molecular weight is 385 g/mol. The number of carbonyl (C=O) groups is 1. The third kappa shape index (κ3) is 5.11. The lowest BCUT2D eigenvalue weighted by Gasteiger charge is -2.06. The predicted molar refractivity (Wildman–Crippen MR) is 86.7 cm³/mol. The zero-order valence-corrected chi connectivity index (χ0v) is 14.5. The minimum atomic E-state index is -0.460. The Balaban J connectivity index is 1.85. The van der Waals surface area contributed by atoms with Gasteiger partial charge < -0.3 is 15.2 Å². The van der Waals surface area contributed by atoms with E-state index in [1.165, 1.54) is 18.2 Å². The van der Waals surface area contributed by atoms with Crippen molar-refractivity contribution in [2.45, 2.75) is 25.8 Å². The van der Waals surface area contributed by atoms with Crippen LogP contribution in [0.25, 0.3) is 0 Å². The first-order valence-electron chi connectivity index (χ1n) is 7.21. The molecule has 0 radical (unpaired) electrons. The number of aromatic nitrogens is 2. The van der Waals surface area contributed by atoms with Crippen molar-refractivity contribution in [2.75, 3.05) is 13.6 Å². The molecule has 0 fully saturated rings. The molecule has 1 aromatic heterocycles. The van der Waals surface area contributed by atoms with Gasteiger partial charge in [-0.1, -0.05) is 5.16 Å². The molecule has 1 atom stereocenters. The van der Waals surface area contributed by atoms with Crippen molar-refractivity contribution in [1.29, 1.82) is 0 Å². The number of benzene rings is 1. The number of hydrogen-bond donors (Lipinski definition) is 2. The van der Waals surface area contributed by atoms with Crippen molar-refractivity contribution in [3.8, 4) is 0 Å². The first kappa shape index (κ1) is 17.6. The van der Waals surface area contributed by atoms with Crippen LogP contribution < -0.4 is 10.6 Å². The Kier molecular flexibility index (Phi) is 6.23. The van der Waals surface area contributed by atoms with Crippen molar-refractivity contribution in [1.82, 2.24) is 20.8 Å². The molecule has 1 unspecified atom stereocenters. The van der Waals surface area contributed by atoms with E-state index < -0.39 is 5.82 Å². The van der Waals surface area contributed by atoms with Gasteiger partial charge in [0.2, 0.25) is 5.89 Å². The van der Waals surface area contributed by atoms with E-state index in [9.17, 15) is 9.18 Å². The molecule has 2 aromatic rings. The van der Waals surface area contributed by atoms with Crippen molar-refractivity contribution < 1.29 is 13.7 Å². The third-order valence-corrected chi connectivity index (χ3v) is 3.98. The second-order valence-corrected chi connectivity index (χ2v) is 5.98. The van der Waals surface area contributed by atoms with Gasteiger partial charge in [-0.15, -0.1) is 0 Å². The number of amides is 1. The minimum absolute atomic E-state index is 0.249. The Morgan fingerprint density at radius 3 is 3.00 bits per heavy atom. The maximum Gasteiger partial charge on any atom is 0.252 e. The van der Waals surface area contributed by atoms with Gasteiger partial charge in [-0.25, -0.2) is 4.39 Å². The summed E-state index contributed by atoms with van der Waals surface area (Å²) in [5.41, 5.74) is 0.249. The second-order valence-electron chi connectivity index (χ2n) is 5.13. The largest absolute Gasteiger partial charge is 0.351 e. The summed E-state index contributed by atoms with van der Waals surface area (Å²) < 4.78 is 18.9. The quantitative estimate of drug-likeness (QED) is 0.763. The zero-order chi connectivity index (χ0) is 16.8. The molecule has 1 heterocycles. The summed E-state index contributed by atoms with van der Waals surface area (Å²) >= 11 is 3.23. The van der Waals surface area contributed by atoms with Gasteiger partial charge in [-0.05, 0) is 48.1 Å². The SMILES string of the molecule is CNC(C)Cc1noc(CCNC(=O)c2cc(F)ccc2Br)n1. The Morgan fingerprint density at radius 1 is 1.48 bits per heavy atom. The average Bonchev–Trinajstić information content (AvgIpc) is 2.96. The summed E-state index contributed by atoms with van der Waals surface area (Å²) in [5.74, 6) is 0.265. The molecule has 8 heteroatoms. The molecule has 0 spiro atoms. The molecule has 124 valence electrons. The first-order valence-corrected chi connectivity index (χ1v) is 8.01. The summed E-state index contributed by atoms with van der Waals surface area (Å²) in [6.07, 6.45) is 1.09. The Morgan fingerprint density at radius 2 is 2.26 bits per heavy atom. The van der Waals surface area contributed by atoms with Crippen LogP contribution in [0.3, 0.4) is 0 Å². The molecule has 0 aliphatic carbocycles. The van der Waals surface area contributed by atoms with Crippen molar-refractivity contribution in [3.63, 3.8) is 0 Å². The van der Waals surface area contributed by atoms with E-state index in [2.05, 4.69) is 36.7 Å². The summed E-state index contributed by atoms with van der Waals surface area (Å²) in [4.78, 5) is 16.3. The van der Waals surface area contributed by atoms with E-state index in [4.69, 9.17) is 4.52 Å². The highest BCUT2D eigenvalue weighted by atomic mass is 79.9. The highest BCUT2D eigenvalue weighted by Crippen LogP contribution is 2.17. The number of carbonyl (C=O) groups excluding carboxylic acids is 1. The predicted octanol–water partition coefficient (Wildman–Crippen LogP) is 2.09. The van der Waals surface area contributed by atoms with Gasteiger partial charge in [0.15, 0.2) is 5.82 Å². The van der Waals surface area contributed by atoms with E-state index >= 15 is 0 Å². The molecule has 0 saturated carbocycles. The molecule has 2 rings (SSSR count). The fraction of sp³-hybridized carbons (Fsp3) is 0.400. The van der Waals surface area contributed by atoms with E-state index in [0.717, 1.165) is 0 Å². The highest BCUT2D eigenvalue weighted by Gasteiger charge is 2.12. The Labute approximate surface area is 142 Å². The van der Waals surface area contributed by atoms with E-state index in [1.54, 1.807) is 0 Å². The smallest absolute Gasteiger partial charge is 0.252 e. The van der Waals surface area contributed by atoms with Crippen LogP contribution in [0.5, 0.6) is 0 Å². The van der Waals surface area contributed by atoms with Gasteiger partial charge in [-0.3, -0.25) is 4.79 Å². The number of halogens is 2. The van der Waals surface area contributed by atoms with Gasteiger partial charge in [0.25, 0.3) is 5.91 Å². The fourth-order valence-corrected chi connectivity index (χ4v) is 2.33. The van der Waals surface area contributed by atoms with Crippen LogP contribution in [0.1, 0.15) is 29.0 Å². The summed E-state index contributed by atoms with van der Waals surface area (Å²) in [5, 5.41) is 9.69. The molecular weight excluding hydrogens is 367 g/mol. The van der Waals surface area contributed by atoms with Gasteiger partial charge in [-0.2, -0.15) is 4.98 Å². The normalized spacial score (nSPS) is 12.2. The maximum atomic E-state index is 13.2. The monoisotopic (exact) mass is 384 g/mol. The van der Waals surface area contributed by atoms with Crippen LogP contribution in [0.2, 0.25) is 0 Å². The topological polar surface area (TPSA) is 80.0 Å². The number of likely N-dealkylation sites (N-methyl/N-ethyl adjacent to an activating group) is 1. The minimum Gasteiger partial charge on any atom is -0.351 e. The lowest BCUT2D eigenvalue weighted by molar-refractivity contribution is 0.0952. The van der Waals surface area contributed by atoms with Crippen LogP contribution in [0.15, 0.2) is 27.2 Å². The van der Waals surface area contributed by atoms with E-state index in [-0.39, 0.29) is 17.5 Å². The molecule has 0 saturated heterocycles. The molecule has 0 bridgehead atoms. The van der Waals surface area contributed by atoms with Gasteiger partial charge in [0.05, 0.1) is 5.56 Å². The number of rotatable bonds is 7. The maximum absolute atomic E-state index is 13.2. The summed E-state index contributed by atoms with van der Waals surface area (Å²) in [6.45, 7) is 2.35. The number of nitrogens with zero attached hydrogens (tertiary/aromatic N) is 2. The molecular formula is C15H18BrFN4O2. The number of hydrogen-bond acceptors (Lipinski definition) is 5. The molecule has 1 aromatic carbocycles. The lowest BCUT2D eigenvalue weighted by atomic mass is 10.2. The molecule has 2 N–H and O–H groups in total. The summed E-state index contributed by atoms with van der Waals surface area (Å²) in [7, 11) is 1.87. The van der Waals surface area contributed by atoms with Crippen molar-refractivity contribution >= 4 is 21.8 Å². The zero-order valence-electron chi connectivity index (χ0n) is 12.9. The van der Waals surface area contributed by atoms with E-state index in [1.807, 2.05) is 14.0 Å². The molecule has 23 heavy (non-hydrogen) atoms. The van der Waals surface area contributed by atoms with Crippen LogP contribution in [-0.2, 0) is 12.8 Å². The Hall–Kier alpha value is -1.80. The van der Waals surface area contributed by atoms with E-state index in [0.29, 0.717) is 35.6 Å². The standard InChI is InChI=1S/C15H18BrFN4O2/c1-9(18-2)7-13-20-14(23-21-13)5-6-19-15(22)11-8-10(17)3-4-12(11)16/h3-4,8-9,18H,5-7H2,1-2H3,(H,19,22). The van der Waals surface area contributed by atoms with Crippen LogP contribution >= 0.6 is 15.9 Å². The third-order valence-electron chi connectivity index (χ3n) is 3.29. The lowest BCUT2D eigenvalue weighted by Crippen LogP contribution is -2.26. The van der Waals surface area contributed by atoms with Gasteiger partial charge in [0.1, 0.15) is 5.82 Å². The molecule has 0 aliphatic rings. The van der Waals surface area contributed by atoms with Crippen molar-refractivity contribution in [3.05, 3.63) is 45.8 Å². The fourth-order valence-electron chi connectivity index (χ4n) is 1.90. The van der Waals surface area contributed by atoms with Crippen LogP contribution in [-0.4, -0.2) is 35.7 Å². The van der Waals surface area contributed by atoms with Gasteiger partial charge >= 0.3 is 0 Å². The highest BCUT2D eigenvalue weighted by molar-refractivity contribution is 9.10. The molecule has 6 nitrogen and oxygen atoms in total.